The molecule has 0 aliphatic rings. The first kappa shape index (κ1) is 13.1. The molecule has 1 heterocycles. The maximum atomic E-state index is 4.83. The lowest BCUT2D eigenvalue weighted by atomic mass is 10.0. The molecule has 0 spiro atoms. The Morgan fingerprint density at radius 1 is 0.864 bits per heavy atom. The molecule has 0 radical (unpaired) electrons. The Balaban J connectivity index is 1.87. The number of hydrogen-bond donors (Lipinski definition) is 1. The van der Waals surface area contributed by atoms with E-state index in [-0.39, 0.29) is 0 Å². The van der Waals surface area contributed by atoms with Gasteiger partial charge in [-0.15, -0.1) is 0 Å². The topological polar surface area (TPSA) is 28.7 Å². The fourth-order valence-corrected chi connectivity index (χ4v) is 2.91. The van der Waals surface area contributed by atoms with Crippen molar-refractivity contribution < 1.29 is 0 Å². The highest BCUT2D eigenvalue weighted by molar-refractivity contribution is 6.04. The minimum Gasteiger partial charge on any atom is -0.338 e. The van der Waals surface area contributed by atoms with Gasteiger partial charge in [-0.2, -0.15) is 0 Å². The van der Waals surface area contributed by atoms with Gasteiger partial charge in [0.05, 0.1) is 11.0 Å². The van der Waals surface area contributed by atoms with Crippen LogP contribution in [-0.4, -0.2) is 9.97 Å². The van der Waals surface area contributed by atoms with Crippen LogP contribution in [0.15, 0.2) is 60.7 Å². The third-order valence-corrected chi connectivity index (χ3v) is 4.23. The van der Waals surface area contributed by atoms with E-state index in [1.54, 1.807) is 0 Å². The second kappa shape index (κ2) is 4.99. The molecule has 0 fully saturated rings. The zero-order valence-electron chi connectivity index (χ0n) is 12.8. The van der Waals surface area contributed by atoms with Gasteiger partial charge in [-0.25, -0.2) is 4.98 Å². The summed E-state index contributed by atoms with van der Waals surface area (Å²) in [5.74, 6) is 1.48. The third kappa shape index (κ3) is 2.08. The van der Waals surface area contributed by atoms with Crippen molar-refractivity contribution in [3.05, 3.63) is 66.2 Å². The Morgan fingerprint density at radius 2 is 1.64 bits per heavy atom. The van der Waals surface area contributed by atoms with Crippen molar-refractivity contribution >= 4 is 21.8 Å². The Bertz CT molecular complexity index is 946. The van der Waals surface area contributed by atoms with Gasteiger partial charge < -0.3 is 4.98 Å². The molecule has 1 aromatic heterocycles. The largest absolute Gasteiger partial charge is 0.338 e. The van der Waals surface area contributed by atoms with Gasteiger partial charge in [0.2, 0.25) is 0 Å². The fraction of sp³-hybridized carbons (Fsp3) is 0.150. The normalized spacial score (nSPS) is 11.6. The predicted octanol–water partition coefficient (Wildman–Crippen LogP) is 5.51. The standard InChI is InChI=1S/C20H18N2/c1-13(2)14-7-9-16(10-8-14)20-21-18-12-11-15-5-3-4-6-17(15)19(18)22-20/h3-13H,1-2H3,(H,21,22). The molecule has 3 aromatic carbocycles. The van der Waals surface area contributed by atoms with E-state index in [0.29, 0.717) is 5.92 Å². The monoisotopic (exact) mass is 286 g/mol. The van der Waals surface area contributed by atoms with Crippen LogP contribution in [0.3, 0.4) is 0 Å². The number of aromatic nitrogens is 2. The van der Waals surface area contributed by atoms with E-state index in [1.165, 1.54) is 16.3 Å². The number of imidazole rings is 1. The van der Waals surface area contributed by atoms with Gasteiger partial charge in [0.25, 0.3) is 0 Å². The molecule has 0 saturated carbocycles. The van der Waals surface area contributed by atoms with Gasteiger partial charge in [-0.05, 0) is 22.9 Å². The highest BCUT2D eigenvalue weighted by atomic mass is 14.9. The van der Waals surface area contributed by atoms with E-state index in [9.17, 15) is 0 Å². The van der Waals surface area contributed by atoms with Crippen LogP contribution in [-0.2, 0) is 0 Å². The maximum absolute atomic E-state index is 4.83. The molecule has 0 bridgehead atoms. The van der Waals surface area contributed by atoms with Crippen LogP contribution in [0.2, 0.25) is 0 Å². The summed E-state index contributed by atoms with van der Waals surface area (Å²) in [5.41, 5.74) is 4.61. The van der Waals surface area contributed by atoms with E-state index in [0.717, 1.165) is 22.4 Å². The number of H-pyrrole nitrogens is 1. The summed E-state index contributed by atoms with van der Waals surface area (Å²) >= 11 is 0. The molecule has 1 N–H and O–H groups in total. The third-order valence-electron chi connectivity index (χ3n) is 4.23. The lowest BCUT2D eigenvalue weighted by molar-refractivity contribution is 0.867. The zero-order valence-corrected chi connectivity index (χ0v) is 12.8. The van der Waals surface area contributed by atoms with Gasteiger partial charge >= 0.3 is 0 Å². The zero-order chi connectivity index (χ0) is 15.1. The minimum absolute atomic E-state index is 0.550. The Morgan fingerprint density at radius 3 is 2.41 bits per heavy atom. The number of rotatable bonds is 2. The molecule has 108 valence electrons. The summed E-state index contributed by atoms with van der Waals surface area (Å²) in [5, 5.41) is 2.42. The van der Waals surface area contributed by atoms with Crippen molar-refractivity contribution in [1.82, 2.24) is 9.97 Å². The van der Waals surface area contributed by atoms with Gasteiger partial charge in [0.15, 0.2) is 0 Å². The summed E-state index contributed by atoms with van der Waals surface area (Å²) in [6, 6.07) is 21.3. The summed E-state index contributed by atoms with van der Waals surface area (Å²) in [7, 11) is 0. The van der Waals surface area contributed by atoms with E-state index >= 15 is 0 Å². The van der Waals surface area contributed by atoms with Crippen LogP contribution < -0.4 is 0 Å². The van der Waals surface area contributed by atoms with E-state index in [2.05, 4.69) is 79.5 Å². The smallest absolute Gasteiger partial charge is 0.138 e. The quantitative estimate of drug-likeness (QED) is 0.517. The SMILES string of the molecule is CC(C)c1ccc(-c2nc3c(ccc4ccccc43)[nH]2)cc1. The lowest BCUT2D eigenvalue weighted by Gasteiger charge is -2.05. The van der Waals surface area contributed by atoms with Crippen LogP contribution in [0.1, 0.15) is 25.3 Å². The first-order valence-corrected chi connectivity index (χ1v) is 7.70. The summed E-state index contributed by atoms with van der Waals surface area (Å²) in [4.78, 5) is 8.27. The van der Waals surface area contributed by atoms with Crippen LogP contribution >= 0.6 is 0 Å². The molecule has 4 rings (SSSR count). The second-order valence-electron chi connectivity index (χ2n) is 6.04. The molecule has 0 aliphatic heterocycles. The van der Waals surface area contributed by atoms with Gasteiger partial charge in [0.1, 0.15) is 5.82 Å². The number of benzene rings is 3. The molecule has 2 nitrogen and oxygen atoms in total. The molecule has 0 amide bonds. The Labute approximate surface area is 129 Å². The predicted molar refractivity (Wildman–Crippen MR) is 93.1 cm³/mol. The molecule has 0 atom stereocenters. The van der Waals surface area contributed by atoms with Crippen molar-refractivity contribution in [3.8, 4) is 11.4 Å². The highest BCUT2D eigenvalue weighted by Crippen LogP contribution is 2.27. The number of aromatic amines is 1. The lowest BCUT2D eigenvalue weighted by Crippen LogP contribution is -1.87. The minimum atomic E-state index is 0.550. The fourth-order valence-electron chi connectivity index (χ4n) is 2.91. The van der Waals surface area contributed by atoms with Crippen LogP contribution in [0.25, 0.3) is 33.2 Å². The van der Waals surface area contributed by atoms with Crippen molar-refractivity contribution in [2.24, 2.45) is 0 Å². The average Bonchev–Trinajstić information content (AvgIpc) is 2.99. The number of nitrogens with one attached hydrogen (secondary N) is 1. The summed E-state index contributed by atoms with van der Waals surface area (Å²) in [6.07, 6.45) is 0. The van der Waals surface area contributed by atoms with Crippen LogP contribution in [0.4, 0.5) is 0 Å². The summed E-state index contributed by atoms with van der Waals surface area (Å²) in [6.45, 7) is 4.42. The number of hydrogen-bond acceptors (Lipinski definition) is 1. The molecule has 0 unspecified atom stereocenters. The van der Waals surface area contributed by atoms with Crippen molar-refractivity contribution in [2.75, 3.05) is 0 Å². The molecular formula is C20H18N2. The molecule has 22 heavy (non-hydrogen) atoms. The first-order valence-electron chi connectivity index (χ1n) is 7.70. The van der Waals surface area contributed by atoms with Gasteiger partial charge in [-0.1, -0.05) is 68.4 Å². The molecule has 0 aliphatic carbocycles. The van der Waals surface area contributed by atoms with Gasteiger partial charge in [0, 0.05) is 10.9 Å². The molecular weight excluding hydrogens is 268 g/mol. The molecule has 2 heteroatoms. The first-order chi connectivity index (χ1) is 10.7. The highest BCUT2D eigenvalue weighted by Gasteiger charge is 2.08. The Hall–Kier alpha value is -2.61. The molecule has 4 aromatic rings. The van der Waals surface area contributed by atoms with Crippen molar-refractivity contribution in [2.45, 2.75) is 19.8 Å². The van der Waals surface area contributed by atoms with Gasteiger partial charge in [-0.3, -0.25) is 0 Å². The number of fused-ring (bicyclic) bond motifs is 3. The van der Waals surface area contributed by atoms with E-state index in [1.807, 2.05) is 0 Å². The van der Waals surface area contributed by atoms with Crippen LogP contribution in [0, 0.1) is 0 Å². The second-order valence-corrected chi connectivity index (χ2v) is 6.04. The van der Waals surface area contributed by atoms with E-state index < -0.39 is 0 Å². The van der Waals surface area contributed by atoms with Crippen molar-refractivity contribution in [1.29, 1.82) is 0 Å². The maximum Gasteiger partial charge on any atom is 0.138 e. The molecule has 0 saturated heterocycles. The van der Waals surface area contributed by atoms with E-state index in [4.69, 9.17) is 4.98 Å². The number of nitrogens with zero attached hydrogens (tertiary/aromatic N) is 1. The van der Waals surface area contributed by atoms with Crippen molar-refractivity contribution in [3.63, 3.8) is 0 Å². The van der Waals surface area contributed by atoms with Crippen LogP contribution in [0.5, 0.6) is 0 Å². The Kier molecular flexibility index (Phi) is 2.97. The summed E-state index contributed by atoms with van der Waals surface area (Å²) < 4.78 is 0. The average molecular weight is 286 g/mol.